The Morgan fingerprint density at radius 1 is 0.786 bits per heavy atom. The summed E-state index contributed by atoms with van der Waals surface area (Å²) in [5.41, 5.74) is 3.12. The molecule has 2 aromatic rings. The largest absolute Gasteiger partial charge is 0.497 e. The van der Waals surface area contributed by atoms with Crippen molar-refractivity contribution < 1.29 is 29.3 Å². The van der Waals surface area contributed by atoms with E-state index in [4.69, 9.17) is 9.47 Å². The monoisotopic (exact) mass is 580 g/mol. The number of benzene rings is 2. The summed E-state index contributed by atoms with van der Waals surface area (Å²) < 4.78 is 10.2. The average Bonchev–Trinajstić information content (AvgIpc) is 3.00. The van der Waals surface area contributed by atoms with Crippen LogP contribution in [0, 0.1) is 5.92 Å². The second kappa shape index (κ2) is 22.1. The molecule has 0 radical (unpaired) electrons. The molecule has 0 fully saturated rings. The summed E-state index contributed by atoms with van der Waals surface area (Å²) in [6.07, 6.45) is 14.7. The standard InChI is InChI=1S/2C18H26O3/c1-4-6-7-14(5-2)12-16(18(19)20)13-15-8-10-17(21-3)11-9-15;1-3-4-5-6-7-11-14-16(17(21-2)18(19)20)15-12-9-8-10-13-15/h8-11,13-14H,4-7,12H2,1-3H3,(H,19,20);8-10,12-13H,3-7,11,14H2,1-2H3,(H,19,20). The highest BCUT2D eigenvalue weighted by atomic mass is 16.5. The summed E-state index contributed by atoms with van der Waals surface area (Å²) in [5.74, 6) is -0.526. The number of hydrogen-bond donors (Lipinski definition) is 2. The molecule has 1 atom stereocenters. The minimum Gasteiger partial charge on any atom is -0.497 e. The number of aliphatic carboxylic acids is 2. The van der Waals surface area contributed by atoms with Gasteiger partial charge < -0.3 is 19.7 Å². The zero-order valence-electron chi connectivity index (χ0n) is 26.4. The summed E-state index contributed by atoms with van der Waals surface area (Å²) in [5, 5.41) is 18.7. The van der Waals surface area contributed by atoms with Gasteiger partial charge in [0.25, 0.3) is 0 Å². The first kappa shape index (κ1) is 36.5. The molecule has 0 saturated heterocycles. The molecule has 2 rings (SSSR count). The molecule has 0 heterocycles. The van der Waals surface area contributed by atoms with E-state index < -0.39 is 11.9 Å². The molecule has 6 nitrogen and oxygen atoms in total. The second-order valence-electron chi connectivity index (χ2n) is 10.6. The zero-order valence-corrected chi connectivity index (χ0v) is 26.4. The van der Waals surface area contributed by atoms with Gasteiger partial charge in [0.2, 0.25) is 5.76 Å². The maximum atomic E-state index is 11.5. The van der Waals surface area contributed by atoms with E-state index in [0.717, 1.165) is 67.4 Å². The van der Waals surface area contributed by atoms with Crippen LogP contribution in [0.4, 0.5) is 0 Å². The van der Waals surface area contributed by atoms with Crippen molar-refractivity contribution in [2.45, 2.75) is 97.8 Å². The SMILES string of the molecule is CCCCC(CC)CC(=Cc1ccc(OC)cc1)C(=O)O.CCCCCCCCC(=C(OC)C(=O)O)c1ccccc1. The van der Waals surface area contributed by atoms with E-state index in [-0.39, 0.29) is 5.76 Å². The predicted molar refractivity (Wildman–Crippen MR) is 173 cm³/mol. The van der Waals surface area contributed by atoms with Crippen molar-refractivity contribution in [1.29, 1.82) is 0 Å². The molecule has 0 bridgehead atoms. The van der Waals surface area contributed by atoms with Gasteiger partial charge in [0.1, 0.15) is 5.75 Å². The van der Waals surface area contributed by atoms with Crippen molar-refractivity contribution in [3.8, 4) is 5.75 Å². The van der Waals surface area contributed by atoms with Gasteiger partial charge in [0.05, 0.1) is 14.2 Å². The van der Waals surface area contributed by atoms with Crippen molar-refractivity contribution in [1.82, 2.24) is 0 Å². The lowest BCUT2D eigenvalue weighted by Crippen LogP contribution is -2.08. The number of carboxylic acids is 2. The van der Waals surface area contributed by atoms with Crippen LogP contribution in [0.2, 0.25) is 0 Å². The van der Waals surface area contributed by atoms with Crippen molar-refractivity contribution in [2.24, 2.45) is 5.92 Å². The Balaban J connectivity index is 0.000000420. The summed E-state index contributed by atoms with van der Waals surface area (Å²) in [6.45, 7) is 6.50. The fourth-order valence-electron chi connectivity index (χ4n) is 4.81. The number of methoxy groups -OCH3 is 2. The van der Waals surface area contributed by atoms with Crippen LogP contribution in [0.1, 0.15) is 109 Å². The third-order valence-electron chi connectivity index (χ3n) is 7.36. The summed E-state index contributed by atoms with van der Waals surface area (Å²) in [7, 11) is 3.04. The number of carbonyl (C=O) groups is 2. The highest BCUT2D eigenvalue weighted by Crippen LogP contribution is 2.26. The molecule has 232 valence electrons. The number of hydrogen-bond acceptors (Lipinski definition) is 4. The molecule has 2 N–H and O–H groups in total. The molecule has 2 aromatic carbocycles. The van der Waals surface area contributed by atoms with E-state index in [1.807, 2.05) is 54.6 Å². The molecule has 0 saturated carbocycles. The molecule has 0 spiro atoms. The first-order valence-electron chi connectivity index (χ1n) is 15.4. The lowest BCUT2D eigenvalue weighted by Gasteiger charge is -2.14. The molecule has 0 aliphatic rings. The average molecular weight is 581 g/mol. The molecule has 42 heavy (non-hydrogen) atoms. The quantitative estimate of drug-likeness (QED) is 0.0976. The first-order chi connectivity index (χ1) is 20.3. The predicted octanol–water partition coefficient (Wildman–Crippen LogP) is 9.65. The fourth-order valence-corrected chi connectivity index (χ4v) is 4.81. The van der Waals surface area contributed by atoms with Crippen molar-refractivity contribution in [3.63, 3.8) is 0 Å². The lowest BCUT2D eigenvalue weighted by atomic mass is 9.91. The van der Waals surface area contributed by atoms with Crippen molar-refractivity contribution in [3.05, 3.63) is 77.1 Å². The summed E-state index contributed by atoms with van der Waals surface area (Å²) in [4.78, 5) is 22.8. The van der Waals surface area contributed by atoms with Crippen LogP contribution in [-0.2, 0) is 14.3 Å². The fraction of sp³-hybridized carbons (Fsp3) is 0.500. The maximum Gasteiger partial charge on any atom is 0.371 e. The Kier molecular flexibility index (Phi) is 19.2. The van der Waals surface area contributed by atoms with Gasteiger partial charge in [-0.2, -0.15) is 0 Å². The Bertz CT molecular complexity index is 1090. The van der Waals surface area contributed by atoms with Gasteiger partial charge in [-0.05, 0) is 54.5 Å². The molecule has 0 aromatic heterocycles. The molecule has 0 aliphatic heterocycles. The van der Waals surface area contributed by atoms with Crippen LogP contribution < -0.4 is 4.74 Å². The van der Waals surface area contributed by atoms with Gasteiger partial charge in [-0.25, -0.2) is 9.59 Å². The molecular formula is C36H52O6. The highest BCUT2D eigenvalue weighted by Gasteiger charge is 2.17. The molecule has 1 unspecified atom stereocenters. The Morgan fingerprint density at radius 3 is 1.93 bits per heavy atom. The summed E-state index contributed by atoms with van der Waals surface area (Å²) in [6, 6.07) is 17.1. The minimum absolute atomic E-state index is 0.0646. The molecule has 6 heteroatoms. The normalized spacial score (nSPS) is 12.5. The highest BCUT2D eigenvalue weighted by molar-refractivity contribution is 5.94. The molecule has 0 aliphatic carbocycles. The number of carboxylic acid groups (broad SMARTS) is 2. The zero-order chi connectivity index (χ0) is 31.2. The second-order valence-corrected chi connectivity index (χ2v) is 10.6. The third kappa shape index (κ3) is 14.4. The smallest absolute Gasteiger partial charge is 0.371 e. The Labute approximate surface area is 253 Å². The number of rotatable bonds is 19. The van der Waals surface area contributed by atoms with Crippen LogP contribution in [0.25, 0.3) is 11.6 Å². The van der Waals surface area contributed by atoms with E-state index in [9.17, 15) is 19.8 Å². The van der Waals surface area contributed by atoms with Gasteiger partial charge in [0, 0.05) is 11.1 Å². The Hall–Kier alpha value is -3.54. The number of unbranched alkanes of at least 4 members (excludes halogenated alkanes) is 6. The van der Waals surface area contributed by atoms with Gasteiger partial charge in [-0.1, -0.05) is 121 Å². The van der Waals surface area contributed by atoms with Crippen LogP contribution in [0.3, 0.4) is 0 Å². The summed E-state index contributed by atoms with van der Waals surface area (Å²) >= 11 is 0. The van der Waals surface area contributed by atoms with Crippen molar-refractivity contribution in [2.75, 3.05) is 14.2 Å². The van der Waals surface area contributed by atoms with E-state index in [0.29, 0.717) is 17.9 Å². The Morgan fingerprint density at radius 2 is 1.40 bits per heavy atom. The van der Waals surface area contributed by atoms with Gasteiger partial charge >= 0.3 is 11.9 Å². The number of allylic oxidation sites excluding steroid dienone is 1. The van der Waals surface area contributed by atoms with Crippen LogP contribution in [0.5, 0.6) is 5.75 Å². The van der Waals surface area contributed by atoms with Crippen LogP contribution >= 0.6 is 0 Å². The van der Waals surface area contributed by atoms with Crippen molar-refractivity contribution >= 4 is 23.6 Å². The minimum atomic E-state index is -0.998. The van der Waals surface area contributed by atoms with Gasteiger partial charge in [0.15, 0.2) is 0 Å². The van der Waals surface area contributed by atoms with E-state index in [2.05, 4.69) is 20.8 Å². The number of ether oxygens (including phenoxy) is 2. The van der Waals surface area contributed by atoms with Gasteiger partial charge in [-0.15, -0.1) is 0 Å². The van der Waals surface area contributed by atoms with E-state index in [1.165, 1.54) is 32.8 Å². The maximum absolute atomic E-state index is 11.5. The lowest BCUT2D eigenvalue weighted by molar-refractivity contribution is -0.136. The van der Waals surface area contributed by atoms with Crippen LogP contribution in [-0.4, -0.2) is 36.4 Å². The van der Waals surface area contributed by atoms with Gasteiger partial charge in [-0.3, -0.25) is 0 Å². The van der Waals surface area contributed by atoms with Crippen LogP contribution in [0.15, 0.2) is 65.9 Å². The molecular weight excluding hydrogens is 528 g/mol. The first-order valence-corrected chi connectivity index (χ1v) is 15.4. The third-order valence-corrected chi connectivity index (χ3v) is 7.36. The molecule has 0 amide bonds. The topological polar surface area (TPSA) is 93.1 Å². The van der Waals surface area contributed by atoms with E-state index in [1.54, 1.807) is 13.2 Å². The van der Waals surface area contributed by atoms with E-state index >= 15 is 0 Å².